The van der Waals surface area contributed by atoms with E-state index in [1.165, 1.54) is 10.9 Å². The van der Waals surface area contributed by atoms with E-state index in [1.807, 2.05) is 36.4 Å². The summed E-state index contributed by atoms with van der Waals surface area (Å²) in [6.07, 6.45) is 1.78. The molecule has 0 aliphatic heterocycles. The zero-order valence-electron chi connectivity index (χ0n) is 16.0. The molecule has 3 heteroatoms. The number of hydrogen-bond donors (Lipinski definition) is 0. The van der Waals surface area contributed by atoms with E-state index in [4.69, 9.17) is 14.5 Å². The molecule has 0 saturated carbocycles. The van der Waals surface area contributed by atoms with E-state index < -0.39 is 0 Å². The van der Waals surface area contributed by atoms with Crippen LogP contribution in [0.5, 0.6) is 11.5 Å². The van der Waals surface area contributed by atoms with Gasteiger partial charge in [0.1, 0.15) is 6.61 Å². The van der Waals surface area contributed by atoms with Crippen LogP contribution in [0.25, 0.3) is 10.9 Å². The maximum Gasteiger partial charge on any atom is 0.161 e. The molecule has 0 atom stereocenters. The molecule has 1 aromatic heterocycles. The SMILES string of the molecule is COc1ccc(CCc2ccc3ccccc3n2)cc1OCc1ccccc1. The van der Waals surface area contributed by atoms with Gasteiger partial charge in [-0.25, -0.2) is 0 Å². The third kappa shape index (κ3) is 4.32. The fourth-order valence-electron chi connectivity index (χ4n) is 3.24. The molecule has 0 N–H and O–H groups in total. The molecule has 0 fully saturated rings. The lowest BCUT2D eigenvalue weighted by Crippen LogP contribution is -2.00. The van der Waals surface area contributed by atoms with Gasteiger partial charge in [0, 0.05) is 11.1 Å². The van der Waals surface area contributed by atoms with E-state index in [0.29, 0.717) is 6.61 Å². The fourth-order valence-corrected chi connectivity index (χ4v) is 3.24. The third-order valence-corrected chi connectivity index (χ3v) is 4.79. The summed E-state index contributed by atoms with van der Waals surface area (Å²) >= 11 is 0. The normalized spacial score (nSPS) is 10.8. The molecule has 0 radical (unpaired) electrons. The third-order valence-electron chi connectivity index (χ3n) is 4.79. The number of nitrogens with zero attached hydrogens (tertiary/aromatic N) is 1. The quantitative estimate of drug-likeness (QED) is 0.424. The average Bonchev–Trinajstić information content (AvgIpc) is 2.77. The molecule has 3 aromatic carbocycles. The Hall–Kier alpha value is -3.33. The highest BCUT2D eigenvalue weighted by molar-refractivity contribution is 5.78. The van der Waals surface area contributed by atoms with Crippen molar-refractivity contribution in [2.75, 3.05) is 7.11 Å². The van der Waals surface area contributed by atoms with Gasteiger partial charge in [-0.3, -0.25) is 4.98 Å². The van der Waals surface area contributed by atoms with Crippen LogP contribution < -0.4 is 9.47 Å². The van der Waals surface area contributed by atoms with Gasteiger partial charge in [-0.1, -0.05) is 60.7 Å². The lowest BCUT2D eigenvalue weighted by molar-refractivity contribution is 0.284. The van der Waals surface area contributed by atoms with E-state index in [0.717, 1.165) is 41.1 Å². The number of ether oxygens (including phenoxy) is 2. The lowest BCUT2D eigenvalue weighted by atomic mass is 10.1. The van der Waals surface area contributed by atoms with Gasteiger partial charge in [0.2, 0.25) is 0 Å². The first-order valence-electron chi connectivity index (χ1n) is 9.50. The van der Waals surface area contributed by atoms with Crippen LogP contribution in [0.4, 0.5) is 0 Å². The number of hydrogen-bond acceptors (Lipinski definition) is 3. The van der Waals surface area contributed by atoms with Crippen LogP contribution >= 0.6 is 0 Å². The van der Waals surface area contributed by atoms with Crippen molar-refractivity contribution in [3.63, 3.8) is 0 Å². The van der Waals surface area contributed by atoms with Crippen molar-refractivity contribution in [2.45, 2.75) is 19.4 Å². The summed E-state index contributed by atoms with van der Waals surface area (Å²) in [5.41, 5.74) is 4.48. The van der Waals surface area contributed by atoms with Crippen LogP contribution in [0.3, 0.4) is 0 Å². The summed E-state index contributed by atoms with van der Waals surface area (Å²) < 4.78 is 11.5. The highest BCUT2D eigenvalue weighted by Gasteiger charge is 2.07. The molecule has 4 rings (SSSR count). The predicted octanol–water partition coefficient (Wildman–Crippen LogP) is 5.61. The molecule has 0 bridgehead atoms. The van der Waals surface area contributed by atoms with Crippen molar-refractivity contribution >= 4 is 10.9 Å². The van der Waals surface area contributed by atoms with Gasteiger partial charge in [-0.2, -0.15) is 0 Å². The zero-order chi connectivity index (χ0) is 19.2. The number of aromatic nitrogens is 1. The van der Waals surface area contributed by atoms with Crippen LogP contribution in [-0.4, -0.2) is 12.1 Å². The first kappa shape index (κ1) is 18.1. The fraction of sp³-hybridized carbons (Fsp3) is 0.160. The maximum atomic E-state index is 6.02. The van der Waals surface area contributed by atoms with Gasteiger partial charge in [0.05, 0.1) is 12.6 Å². The maximum absolute atomic E-state index is 6.02. The molecule has 0 aliphatic rings. The largest absolute Gasteiger partial charge is 0.493 e. The molecule has 140 valence electrons. The highest BCUT2D eigenvalue weighted by atomic mass is 16.5. The number of para-hydroxylation sites is 1. The van der Waals surface area contributed by atoms with E-state index in [-0.39, 0.29) is 0 Å². The van der Waals surface area contributed by atoms with Crippen LogP contribution in [0.1, 0.15) is 16.8 Å². The number of benzene rings is 3. The van der Waals surface area contributed by atoms with Crippen LogP contribution in [0, 0.1) is 0 Å². The van der Waals surface area contributed by atoms with Gasteiger partial charge in [-0.05, 0) is 48.2 Å². The van der Waals surface area contributed by atoms with Crippen LogP contribution in [0.15, 0.2) is 84.9 Å². The van der Waals surface area contributed by atoms with Crippen molar-refractivity contribution in [3.05, 3.63) is 102 Å². The van der Waals surface area contributed by atoms with Crippen molar-refractivity contribution in [1.82, 2.24) is 4.98 Å². The molecule has 0 amide bonds. The van der Waals surface area contributed by atoms with Crippen molar-refractivity contribution in [2.24, 2.45) is 0 Å². The predicted molar refractivity (Wildman–Crippen MR) is 113 cm³/mol. The second-order valence-corrected chi connectivity index (χ2v) is 6.75. The van der Waals surface area contributed by atoms with Crippen LogP contribution in [0.2, 0.25) is 0 Å². The van der Waals surface area contributed by atoms with Crippen LogP contribution in [-0.2, 0) is 19.4 Å². The number of pyridine rings is 1. The molecule has 3 nitrogen and oxygen atoms in total. The lowest BCUT2D eigenvalue weighted by Gasteiger charge is -2.12. The summed E-state index contributed by atoms with van der Waals surface area (Å²) in [7, 11) is 1.67. The Kier molecular flexibility index (Phi) is 5.53. The minimum atomic E-state index is 0.521. The number of fused-ring (bicyclic) bond motifs is 1. The Labute approximate surface area is 165 Å². The molecule has 0 spiro atoms. The Bertz CT molecular complexity index is 1060. The minimum absolute atomic E-state index is 0.521. The van der Waals surface area contributed by atoms with Gasteiger partial charge >= 0.3 is 0 Å². The monoisotopic (exact) mass is 369 g/mol. The molecule has 28 heavy (non-hydrogen) atoms. The zero-order valence-corrected chi connectivity index (χ0v) is 16.0. The van der Waals surface area contributed by atoms with E-state index in [2.05, 4.69) is 48.5 Å². The van der Waals surface area contributed by atoms with Crippen molar-refractivity contribution < 1.29 is 9.47 Å². The number of methoxy groups -OCH3 is 1. The molecule has 0 unspecified atom stereocenters. The molecular formula is C25H23NO2. The minimum Gasteiger partial charge on any atom is -0.493 e. The molecule has 1 heterocycles. The highest BCUT2D eigenvalue weighted by Crippen LogP contribution is 2.29. The van der Waals surface area contributed by atoms with Gasteiger partial charge in [-0.15, -0.1) is 0 Å². The Morgan fingerprint density at radius 3 is 2.39 bits per heavy atom. The summed E-state index contributed by atoms with van der Waals surface area (Å²) in [5, 5.41) is 1.17. The van der Waals surface area contributed by atoms with E-state index in [9.17, 15) is 0 Å². The summed E-state index contributed by atoms with van der Waals surface area (Å²) in [6.45, 7) is 0.521. The smallest absolute Gasteiger partial charge is 0.161 e. The summed E-state index contributed by atoms with van der Waals surface area (Å²) in [5.74, 6) is 1.53. The average molecular weight is 369 g/mol. The summed E-state index contributed by atoms with van der Waals surface area (Å²) in [4.78, 5) is 4.77. The topological polar surface area (TPSA) is 31.4 Å². The number of rotatable bonds is 7. The second-order valence-electron chi connectivity index (χ2n) is 6.75. The Morgan fingerprint density at radius 2 is 1.54 bits per heavy atom. The van der Waals surface area contributed by atoms with Gasteiger partial charge in [0.25, 0.3) is 0 Å². The molecule has 0 saturated heterocycles. The van der Waals surface area contributed by atoms with Gasteiger partial charge < -0.3 is 9.47 Å². The van der Waals surface area contributed by atoms with Gasteiger partial charge in [0.15, 0.2) is 11.5 Å². The molecule has 0 aliphatic carbocycles. The Morgan fingerprint density at radius 1 is 0.714 bits per heavy atom. The van der Waals surface area contributed by atoms with Crippen molar-refractivity contribution in [1.29, 1.82) is 0 Å². The van der Waals surface area contributed by atoms with Crippen molar-refractivity contribution in [3.8, 4) is 11.5 Å². The second kappa shape index (κ2) is 8.57. The first-order chi connectivity index (χ1) is 13.8. The van der Waals surface area contributed by atoms with E-state index >= 15 is 0 Å². The first-order valence-corrected chi connectivity index (χ1v) is 9.50. The molecular weight excluding hydrogens is 346 g/mol. The Balaban J connectivity index is 1.46. The van der Waals surface area contributed by atoms with E-state index in [1.54, 1.807) is 7.11 Å². The molecule has 4 aromatic rings. The summed E-state index contributed by atoms with van der Waals surface area (Å²) in [6, 6.07) is 28.8. The standard InChI is InChI=1S/C25H23NO2/c1-27-24-16-12-19(17-25(24)28-18-20-7-3-2-4-8-20)11-14-22-15-13-21-9-5-6-10-23(21)26-22/h2-10,12-13,15-17H,11,14,18H2,1H3. The number of aryl methyl sites for hydroxylation is 2.